The SMILES string of the molecule is Cc1csc(-n2nc(-c3ccc(CNC(=O)c4ccccc4C)cc3)c(C(N)=O)c2N)n1. The highest BCUT2D eigenvalue weighted by Gasteiger charge is 2.23. The molecule has 0 aliphatic carbocycles. The smallest absolute Gasteiger partial charge is 0.254 e. The molecular weight excluding hydrogens is 424 g/mol. The van der Waals surface area contributed by atoms with Crippen LogP contribution in [0.2, 0.25) is 0 Å². The Balaban J connectivity index is 1.57. The molecule has 4 aromatic rings. The normalized spacial score (nSPS) is 10.8. The van der Waals surface area contributed by atoms with Gasteiger partial charge >= 0.3 is 0 Å². The molecule has 0 fully saturated rings. The van der Waals surface area contributed by atoms with Crippen molar-refractivity contribution < 1.29 is 9.59 Å². The minimum atomic E-state index is -0.661. The second-order valence-electron chi connectivity index (χ2n) is 7.35. The number of thiazole rings is 1. The zero-order valence-corrected chi connectivity index (χ0v) is 18.4. The summed E-state index contributed by atoms with van der Waals surface area (Å²) in [5.41, 5.74) is 16.3. The topological polar surface area (TPSA) is 129 Å². The van der Waals surface area contributed by atoms with Gasteiger partial charge in [0.1, 0.15) is 17.1 Å². The minimum Gasteiger partial charge on any atom is -0.383 e. The van der Waals surface area contributed by atoms with E-state index in [4.69, 9.17) is 11.5 Å². The van der Waals surface area contributed by atoms with E-state index in [-0.39, 0.29) is 17.3 Å². The first-order chi connectivity index (χ1) is 15.3. The third-order valence-electron chi connectivity index (χ3n) is 5.03. The molecule has 4 rings (SSSR count). The van der Waals surface area contributed by atoms with E-state index in [1.165, 1.54) is 16.0 Å². The number of anilines is 1. The summed E-state index contributed by atoms with van der Waals surface area (Å²) in [5, 5.41) is 9.86. The van der Waals surface area contributed by atoms with Gasteiger partial charge in [-0.25, -0.2) is 4.98 Å². The van der Waals surface area contributed by atoms with Crippen LogP contribution in [-0.2, 0) is 6.54 Å². The zero-order valence-electron chi connectivity index (χ0n) is 17.6. The Morgan fingerprint density at radius 1 is 1.09 bits per heavy atom. The Hall–Kier alpha value is -3.98. The van der Waals surface area contributed by atoms with Crippen LogP contribution in [-0.4, -0.2) is 26.6 Å². The lowest BCUT2D eigenvalue weighted by atomic mass is 10.0. The third kappa shape index (κ3) is 4.10. The van der Waals surface area contributed by atoms with Crippen molar-refractivity contribution in [2.24, 2.45) is 5.73 Å². The summed E-state index contributed by atoms with van der Waals surface area (Å²) < 4.78 is 1.43. The second-order valence-corrected chi connectivity index (χ2v) is 8.19. The number of benzene rings is 2. The fourth-order valence-electron chi connectivity index (χ4n) is 3.35. The van der Waals surface area contributed by atoms with Crippen molar-refractivity contribution in [1.29, 1.82) is 0 Å². The first-order valence-corrected chi connectivity index (χ1v) is 10.8. The summed E-state index contributed by atoms with van der Waals surface area (Å²) in [7, 11) is 0. The predicted molar refractivity (Wildman–Crippen MR) is 125 cm³/mol. The summed E-state index contributed by atoms with van der Waals surface area (Å²) in [6, 6.07) is 14.8. The van der Waals surface area contributed by atoms with Gasteiger partial charge in [0.25, 0.3) is 11.8 Å². The monoisotopic (exact) mass is 446 g/mol. The molecule has 0 saturated carbocycles. The average molecular weight is 447 g/mol. The van der Waals surface area contributed by atoms with Crippen LogP contribution < -0.4 is 16.8 Å². The predicted octanol–water partition coefficient (Wildman–Crippen LogP) is 3.22. The van der Waals surface area contributed by atoms with Crippen LogP contribution in [0.3, 0.4) is 0 Å². The maximum Gasteiger partial charge on any atom is 0.254 e. The van der Waals surface area contributed by atoms with Gasteiger partial charge in [-0.05, 0) is 31.0 Å². The van der Waals surface area contributed by atoms with Crippen molar-refractivity contribution in [3.8, 4) is 16.4 Å². The number of rotatable bonds is 6. The Morgan fingerprint density at radius 2 is 1.81 bits per heavy atom. The van der Waals surface area contributed by atoms with Crippen LogP contribution in [0.4, 0.5) is 5.82 Å². The summed E-state index contributed by atoms with van der Waals surface area (Å²) in [6.07, 6.45) is 0. The van der Waals surface area contributed by atoms with Crippen LogP contribution in [0.25, 0.3) is 16.4 Å². The maximum absolute atomic E-state index is 12.4. The standard InChI is InChI=1S/C23H22N6O2S/c1-13-5-3-4-6-17(13)22(31)26-11-15-7-9-16(10-8-15)19-18(21(25)30)20(24)29(28-19)23-27-14(2)12-32-23/h3-10,12H,11,24H2,1-2H3,(H2,25,30)(H,26,31). The number of hydrogen-bond donors (Lipinski definition) is 3. The van der Waals surface area contributed by atoms with Crippen LogP contribution in [0, 0.1) is 13.8 Å². The van der Waals surface area contributed by atoms with E-state index < -0.39 is 5.91 Å². The fraction of sp³-hybridized carbons (Fsp3) is 0.130. The number of nitrogens with two attached hydrogens (primary N) is 2. The van der Waals surface area contributed by atoms with E-state index in [0.29, 0.717) is 28.5 Å². The number of primary amides is 1. The molecule has 2 aromatic heterocycles. The maximum atomic E-state index is 12.4. The van der Waals surface area contributed by atoms with Crippen molar-refractivity contribution in [2.45, 2.75) is 20.4 Å². The average Bonchev–Trinajstić information content (AvgIpc) is 3.35. The highest BCUT2D eigenvalue weighted by Crippen LogP contribution is 2.30. The molecule has 2 heterocycles. The van der Waals surface area contributed by atoms with Gasteiger partial charge in [-0.15, -0.1) is 11.3 Å². The van der Waals surface area contributed by atoms with Crippen molar-refractivity contribution in [3.05, 3.63) is 81.9 Å². The van der Waals surface area contributed by atoms with E-state index >= 15 is 0 Å². The lowest BCUT2D eigenvalue weighted by Crippen LogP contribution is -2.23. The van der Waals surface area contributed by atoms with Crippen molar-refractivity contribution >= 4 is 29.0 Å². The summed E-state index contributed by atoms with van der Waals surface area (Å²) in [4.78, 5) is 28.9. The molecule has 5 N–H and O–H groups in total. The Labute approximate surface area is 188 Å². The highest BCUT2D eigenvalue weighted by molar-refractivity contribution is 7.12. The molecule has 2 amide bonds. The number of aryl methyl sites for hydroxylation is 2. The lowest BCUT2D eigenvalue weighted by molar-refractivity contribution is 0.0949. The van der Waals surface area contributed by atoms with E-state index in [0.717, 1.165) is 16.8 Å². The Morgan fingerprint density at radius 3 is 2.44 bits per heavy atom. The van der Waals surface area contributed by atoms with E-state index in [1.807, 2.05) is 61.7 Å². The molecule has 2 aromatic carbocycles. The number of carbonyl (C=O) groups excluding carboxylic acids is 2. The number of nitrogens with zero attached hydrogens (tertiary/aromatic N) is 3. The van der Waals surface area contributed by atoms with Gasteiger partial charge in [0.15, 0.2) is 0 Å². The third-order valence-corrected chi connectivity index (χ3v) is 5.96. The quantitative estimate of drug-likeness (QED) is 0.419. The number of nitrogens with one attached hydrogen (secondary N) is 1. The molecule has 0 saturated heterocycles. The molecule has 0 bridgehead atoms. The number of amides is 2. The molecular formula is C23H22N6O2S. The van der Waals surface area contributed by atoms with Gasteiger partial charge in [0.2, 0.25) is 5.13 Å². The second kappa shape index (κ2) is 8.64. The number of aromatic nitrogens is 3. The van der Waals surface area contributed by atoms with Crippen molar-refractivity contribution in [2.75, 3.05) is 5.73 Å². The van der Waals surface area contributed by atoms with Gasteiger partial charge in [-0.1, -0.05) is 42.5 Å². The molecule has 162 valence electrons. The molecule has 32 heavy (non-hydrogen) atoms. The van der Waals surface area contributed by atoms with Crippen molar-refractivity contribution in [1.82, 2.24) is 20.1 Å². The highest BCUT2D eigenvalue weighted by atomic mass is 32.1. The Kier molecular flexibility index (Phi) is 5.74. The van der Waals surface area contributed by atoms with Crippen LogP contribution in [0.1, 0.15) is 37.5 Å². The molecule has 0 aliphatic rings. The van der Waals surface area contributed by atoms with E-state index in [1.54, 1.807) is 6.07 Å². The molecule has 8 nitrogen and oxygen atoms in total. The minimum absolute atomic E-state index is 0.131. The van der Waals surface area contributed by atoms with Gasteiger partial charge < -0.3 is 16.8 Å². The van der Waals surface area contributed by atoms with Gasteiger partial charge in [0.05, 0.1) is 5.69 Å². The van der Waals surface area contributed by atoms with Gasteiger partial charge in [-0.2, -0.15) is 9.78 Å². The fourth-order valence-corrected chi connectivity index (χ4v) is 4.11. The van der Waals surface area contributed by atoms with Crippen LogP contribution >= 0.6 is 11.3 Å². The van der Waals surface area contributed by atoms with Gasteiger partial charge in [0, 0.05) is 23.1 Å². The molecule has 0 atom stereocenters. The van der Waals surface area contributed by atoms with Crippen LogP contribution in [0.5, 0.6) is 0 Å². The molecule has 0 aliphatic heterocycles. The van der Waals surface area contributed by atoms with Gasteiger partial charge in [-0.3, -0.25) is 9.59 Å². The number of hydrogen-bond acceptors (Lipinski definition) is 6. The van der Waals surface area contributed by atoms with Crippen LogP contribution in [0.15, 0.2) is 53.9 Å². The number of nitrogen functional groups attached to an aromatic ring is 1. The molecule has 9 heteroatoms. The van der Waals surface area contributed by atoms with E-state index in [9.17, 15) is 9.59 Å². The summed E-state index contributed by atoms with van der Waals surface area (Å²) in [5.74, 6) is -0.642. The molecule has 0 unspecified atom stereocenters. The van der Waals surface area contributed by atoms with E-state index in [2.05, 4.69) is 15.4 Å². The largest absolute Gasteiger partial charge is 0.383 e. The Bertz CT molecular complexity index is 1310. The number of carbonyl (C=O) groups is 2. The van der Waals surface area contributed by atoms with Crippen molar-refractivity contribution in [3.63, 3.8) is 0 Å². The molecule has 0 spiro atoms. The first-order valence-electron chi connectivity index (χ1n) is 9.89. The summed E-state index contributed by atoms with van der Waals surface area (Å²) in [6.45, 7) is 4.13. The molecule has 0 radical (unpaired) electrons. The lowest BCUT2D eigenvalue weighted by Gasteiger charge is -2.08. The zero-order chi connectivity index (χ0) is 22.8. The first kappa shape index (κ1) is 21.3. The summed E-state index contributed by atoms with van der Waals surface area (Å²) >= 11 is 1.37.